The number of unbranched alkanes of at least 4 members (excludes halogenated alkanes) is 1. The zero-order valence-electron chi connectivity index (χ0n) is 15.0. The van der Waals surface area contributed by atoms with Gasteiger partial charge in [0.2, 0.25) is 5.88 Å². The Kier molecular flexibility index (Phi) is 5.71. The van der Waals surface area contributed by atoms with Crippen molar-refractivity contribution in [2.45, 2.75) is 19.8 Å². The summed E-state index contributed by atoms with van der Waals surface area (Å²) in [4.78, 5) is 16.9. The number of carbonyl (C=O) groups is 1. The normalized spacial score (nSPS) is 15.4. The van der Waals surface area contributed by atoms with Crippen LogP contribution in [0, 0.1) is 0 Å². The maximum Gasteiger partial charge on any atom is 0.274 e. The van der Waals surface area contributed by atoms with Gasteiger partial charge in [0, 0.05) is 32.2 Å². The van der Waals surface area contributed by atoms with Gasteiger partial charge in [-0.1, -0.05) is 31.5 Å². The highest BCUT2D eigenvalue weighted by Gasteiger charge is 2.24. The van der Waals surface area contributed by atoms with Gasteiger partial charge in [0.25, 0.3) is 5.91 Å². The Bertz CT molecular complexity index is 691. The summed E-state index contributed by atoms with van der Waals surface area (Å²) in [6.07, 6.45) is 2.04. The second kappa shape index (κ2) is 8.16. The first kappa shape index (κ1) is 17.5. The van der Waals surface area contributed by atoms with Gasteiger partial charge in [0.05, 0.1) is 12.3 Å². The van der Waals surface area contributed by atoms with Gasteiger partial charge in [-0.2, -0.15) is 5.10 Å². The molecular weight excluding hydrogens is 316 g/mol. The number of hydrogen-bond donors (Lipinski definition) is 0. The first-order valence-electron chi connectivity index (χ1n) is 8.95. The molecule has 1 aliphatic rings. The molecule has 0 spiro atoms. The van der Waals surface area contributed by atoms with E-state index in [9.17, 15) is 4.79 Å². The highest BCUT2D eigenvalue weighted by atomic mass is 16.5. The molecular formula is C19H26N4O2. The number of rotatable bonds is 6. The van der Waals surface area contributed by atoms with Crippen molar-refractivity contribution in [3.8, 4) is 11.6 Å². The van der Waals surface area contributed by atoms with Crippen LogP contribution in [0.4, 0.5) is 0 Å². The maximum absolute atomic E-state index is 12.8. The molecule has 134 valence electrons. The van der Waals surface area contributed by atoms with Crippen LogP contribution in [0.1, 0.15) is 30.3 Å². The lowest BCUT2D eigenvalue weighted by atomic mass is 10.3. The van der Waals surface area contributed by atoms with Crippen molar-refractivity contribution in [3.63, 3.8) is 0 Å². The average molecular weight is 342 g/mol. The van der Waals surface area contributed by atoms with Gasteiger partial charge < -0.3 is 14.5 Å². The number of carbonyl (C=O) groups excluding carboxylic acids is 1. The van der Waals surface area contributed by atoms with Gasteiger partial charge in [-0.15, -0.1) is 0 Å². The van der Waals surface area contributed by atoms with Gasteiger partial charge in [-0.25, -0.2) is 4.68 Å². The minimum atomic E-state index is -0.0249. The fourth-order valence-corrected chi connectivity index (χ4v) is 2.82. The highest BCUT2D eigenvalue weighted by molar-refractivity contribution is 5.92. The van der Waals surface area contributed by atoms with Crippen LogP contribution in [-0.4, -0.2) is 65.3 Å². The van der Waals surface area contributed by atoms with E-state index in [4.69, 9.17) is 4.74 Å². The monoisotopic (exact) mass is 342 g/mol. The van der Waals surface area contributed by atoms with Gasteiger partial charge in [0.1, 0.15) is 0 Å². The summed E-state index contributed by atoms with van der Waals surface area (Å²) in [6.45, 7) is 6.01. The van der Waals surface area contributed by atoms with E-state index >= 15 is 0 Å². The van der Waals surface area contributed by atoms with Crippen LogP contribution >= 0.6 is 0 Å². The molecule has 2 heterocycles. The summed E-state index contributed by atoms with van der Waals surface area (Å²) in [5.74, 6) is 0.597. The SMILES string of the molecule is CCCCOc1cc(C(=O)N2CCN(C)CC2)nn1-c1ccccc1. The van der Waals surface area contributed by atoms with E-state index < -0.39 is 0 Å². The second-order valence-corrected chi connectivity index (χ2v) is 6.41. The Labute approximate surface area is 149 Å². The molecule has 25 heavy (non-hydrogen) atoms. The Morgan fingerprint density at radius 1 is 1.16 bits per heavy atom. The summed E-state index contributed by atoms with van der Waals surface area (Å²) in [5, 5.41) is 4.54. The number of benzene rings is 1. The number of likely N-dealkylation sites (N-methyl/N-ethyl adjacent to an activating group) is 1. The summed E-state index contributed by atoms with van der Waals surface area (Å²) in [6, 6.07) is 11.6. The highest BCUT2D eigenvalue weighted by Crippen LogP contribution is 2.21. The molecule has 0 saturated carbocycles. The molecule has 1 aromatic carbocycles. The first-order chi connectivity index (χ1) is 12.2. The molecule has 0 atom stereocenters. The van der Waals surface area contributed by atoms with Crippen LogP contribution in [0.3, 0.4) is 0 Å². The van der Waals surface area contributed by atoms with E-state index in [-0.39, 0.29) is 5.91 Å². The van der Waals surface area contributed by atoms with E-state index in [1.54, 1.807) is 10.7 Å². The van der Waals surface area contributed by atoms with Crippen molar-refractivity contribution in [3.05, 3.63) is 42.1 Å². The molecule has 6 nitrogen and oxygen atoms in total. The van der Waals surface area contributed by atoms with Crippen molar-refractivity contribution >= 4 is 5.91 Å². The summed E-state index contributed by atoms with van der Waals surface area (Å²) in [7, 11) is 2.08. The molecule has 1 aromatic heterocycles. The maximum atomic E-state index is 12.8. The number of nitrogens with zero attached hydrogens (tertiary/aromatic N) is 4. The molecule has 3 rings (SSSR count). The zero-order chi connectivity index (χ0) is 17.6. The summed E-state index contributed by atoms with van der Waals surface area (Å²) in [5.41, 5.74) is 1.34. The van der Waals surface area contributed by atoms with Gasteiger partial charge in [0.15, 0.2) is 5.69 Å². The summed E-state index contributed by atoms with van der Waals surface area (Å²) >= 11 is 0. The topological polar surface area (TPSA) is 50.6 Å². The average Bonchev–Trinajstić information content (AvgIpc) is 3.07. The molecule has 1 amide bonds. The lowest BCUT2D eigenvalue weighted by molar-refractivity contribution is 0.0657. The number of ether oxygens (including phenoxy) is 1. The third-order valence-electron chi connectivity index (χ3n) is 4.43. The van der Waals surface area contributed by atoms with Gasteiger partial charge >= 0.3 is 0 Å². The number of para-hydroxylation sites is 1. The van der Waals surface area contributed by atoms with Crippen molar-refractivity contribution in [2.75, 3.05) is 39.8 Å². The molecule has 0 N–H and O–H groups in total. The van der Waals surface area contributed by atoms with Gasteiger partial charge in [-0.05, 0) is 25.6 Å². The van der Waals surface area contributed by atoms with Crippen LogP contribution in [0.15, 0.2) is 36.4 Å². The van der Waals surface area contributed by atoms with Crippen LogP contribution < -0.4 is 4.74 Å². The predicted octanol–water partition coefficient (Wildman–Crippen LogP) is 2.44. The van der Waals surface area contributed by atoms with Crippen LogP contribution in [0.25, 0.3) is 5.69 Å². The van der Waals surface area contributed by atoms with E-state index in [2.05, 4.69) is 24.0 Å². The van der Waals surface area contributed by atoms with Crippen LogP contribution in [0.5, 0.6) is 5.88 Å². The minimum Gasteiger partial charge on any atom is -0.478 e. The van der Waals surface area contributed by atoms with Crippen LogP contribution in [0.2, 0.25) is 0 Å². The molecule has 1 fully saturated rings. The fraction of sp³-hybridized carbons (Fsp3) is 0.474. The van der Waals surface area contributed by atoms with E-state index in [1.165, 1.54) is 0 Å². The van der Waals surface area contributed by atoms with E-state index in [1.807, 2.05) is 35.2 Å². The number of piperazine rings is 1. The number of hydrogen-bond acceptors (Lipinski definition) is 4. The largest absolute Gasteiger partial charge is 0.478 e. The standard InChI is InChI=1S/C19H26N4O2/c1-3-4-14-25-18-15-17(19(24)22-12-10-21(2)11-13-22)20-23(18)16-8-6-5-7-9-16/h5-9,15H,3-4,10-14H2,1-2H3. The quantitative estimate of drug-likeness (QED) is 0.757. The predicted molar refractivity (Wildman–Crippen MR) is 97.4 cm³/mol. The molecule has 1 aliphatic heterocycles. The Hall–Kier alpha value is -2.34. The smallest absolute Gasteiger partial charge is 0.274 e. The minimum absolute atomic E-state index is 0.0249. The Balaban J connectivity index is 1.83. The van der Waals surface area contributed by atoms with Crippen molar-refractivity contribution < 1.29 is 9.53 Å². The van der Waals surface area contributed by atoms with Gasteiger partial charge in [-0.3, -0.25) is 4.79 Å². The zero-order valence-corrected chi connectivity index (χ0v) is 15.0. The third kappa shape index (κ3) is 4.20. The lowest BCUT2D eigenvalue weighted by Crippen LogP contribution is -2.47. The molecule has 0 aliphatic carbocycles. The molecule has 0 unspecified atom stereocenters. The number of aromatic nitrogens is 2. The number of amides is 1. The molecule has 6 heteroatoms. The Morgan fingerprint density at radius 3 is 2.56 bits per heavy atom. The molecule has 2 aromatic rings. The third-order valence-corrected chi connectivity index (χ3v) is 4.43. The van der Waals surface area contributed by atoms with Crippen molar-refractivity contribution in [1.82, 2.24) is 19.6 Å². The van der Waals surface area contributed by atoms with E-state index in [0.29, 0.717) is 18.2 Å². The molecule has 0 radical (unpaired) electrons. The summed E-state index contributed by atoms with van der Waals surface area (Å²) < 4.78 is 7.61. The van der Waals surface area contributed by atoms with Crippen molar-refractivity contribution in [1.29, 1.82) is 0 Å². The fourth-order valence-electron chi connectivity index (χ4n) is 2.82. The molecule has 0 bridgehead atoms. The van der Waals surface area contributed by atoms with E-state index in [0.717, 1.165) is 44.7 Å². The lowest BCUT2D eigenvalue weighted by Gasteiger charge is -2.31. The molecule has 1 saturated heterocycles. The second-order valence-electron chi connectivity index (χ2n) is 6.41. The Morgan fingerprint density at radius 2 is 1.88 bits per heavy atom. The van der Waals surface area contributed by atoms with Crippen molar-refractivity contribution in [2.24, 2.45) is 0 Å². The first-order valence-corrected chi connectivity index (χ1v) is 8.95. The van der Waals surface area contributed by atoms with Crippen LogP contribution in [-0.2, 0) is 0 Å².